The molecule has 1 saturated heterocycles. The number of carbonyl (C=O) groups is 1. The Morgan fingerprint density at radius 1 is 1.23 bits per heavy atom. The Morgan fingerprint density at radius 2 is 2.13 bits per heavy atom. The molecule has 3 aromatic rings. The average molecular weight is 414 g/mol. The van der Waals surface area contributed by atoms with Crippen LogP contribution >= 0.6 is 0 Å². The van der Waals surface area contributed by atoms with E-state index in [0.29, 0.717) is 32.0 Å². The second-order valence-corrected chi connectivity index (χ2v) is 7.78. The smallest absolute Gasteiger partial charge is 0.227 e. The molecule has 4 heterocycles. The van der Waals surface area contributed by atoms with Gasteiger partial charge in [0.15, 0.2) is 6.19 Å². The number of aryl methyl sites for hydroxylation is 1. The minimum atomic E-state index is 0.152. The van der Waals surface area contributed by atoms with Gasteiger partial charge in [0.2, 0.25) is 11.9 Å². The van der Waals surface area contributed by atoms with Crippen LogP contribution in [0.1, 0.15) is 29.8 Å². The van der Waals surface area contributed by atoms with E-state index in [1.807, 2.05) is 42.3 Å². The summed E-state index contributed by atoms with van der Waals surface area (Å²) in [6.07, 6.45) is 5.44. The molecule has 1 N–H and O–H groups in total. The SMILES string of the molecule is Cn1nccc1CNc1nc2c(c(-c3cccc(N4CCCC4=O)c3)n1)CN(C#N)C2. The fraction of sp³-hybridized carbons (Fsp3) is 0.318. The van der Waals surface area contributed by atoms with E-state index < -0.39 is 0 Å². The summed E-state index contributed by atoms with van der Waals surface area (Å²) in [5, 5.41) is 16.9. The molecule has 0 saturated carbocycles. The first-order valence-corrected chi connectivity index (χ1v) is 10.3. The van der Waals surface area contributed by atoms with Gasteiger partial charge >= 0.3 is 0 Å². The summed E-state index contributed by atoms with van der Waals surface area (Å²) in [7, 11) is 1.89. The van der Waals surface area contributed by atoms with Crippen LogP contribution in [0.25, 0.3) is 11.3 Å². The van der Waals surface area contributed by atoms with Gasteiger partial charge < -0.3 is 15.1 Å². The maximum Gasteiger partial charge on any atom is 0.227 e. The van der Waals surface area contributed by atoms with Crippen LogP contribution in [0.3, 0.4) is 0 Å². The molecule has 1 amide bonds. The maximum atomic E-state index is 12.2. The average Bonchev–Trinajstić information content (AvgIpc) is 3.51. The lowest BCUT2D eigenvalue weighted by molar-refractivity contribution is -0.117. The summed E-state index contributed by atoms with van der Waals surface area (Å²) < 4.78 is 1.80. The molecule has 2 aromatic heterocycles. The Bertz CT molecular complexity index is 1190. The number of amides is 1. The zero-order chi connectivity index (χ0) is 21.4. The van der Waals surface area contributed by atoms with Crippen LogP contribution < -0.4 is 10.2 Å². The zero-order valence-electron chi connectivity index (χ0n) is 17.2. The highest BCUT2D eigenvalue weighted by atomic mass is 16.2. The lowest BCUT2D eigenvalue weighted by Gasteiger charge is -2.17. The van der Waals surface area contributed by atoms with Crippen LogP contribution in [0.5, 0.6) is 0 Å². The molecule has 31 heavy (non-hydrogen) atoms. The quantitative estimate of drug-likeness (QED) is 0.640. The van der Waals surface area contributed by atoms with Gasteiger partial charge in [-0.2, -0.15) is 10.4 Å². The highest BCUT2D eigenvalue weighted by Crippen LogP contribution is 2.33. The van der Waals surface area contributed by atoms with Crippen molar-refractivity contribution in [2.45, 2.75) is 32.5 Å². The first kappa shape index (κ1) is 19.1. The number of aromatic nitrogens is 4. The number of nitrogens with one attached hydrogen (secondary N) is 1. The largest absolute Gasteiger partial charge is 0.349 e. The van der Waals surface area contributed by atoms with Crippen molar-refractivity contribution in [1.82, 2.24) is 24.6 Å². The molecule has 5 rings (SSSR count). The fourth-order valence-corrected chi connectivity index (χ4v) is 4.13. The molecule has 0 atom stereocenters. The Kier molecular flexibility index (Phi) is 4.75. The molecule has 156 valence electrons. The van der Waals surface area contributed by atoms with Crippen molar-refractivity contribution in [3.63, 3.8) is 0 Å². The van der Waals surface area contributed by atoms with Gasteiger partial charge in [0, 0.05) is 43.0 Å². The third kappa shape index (κ3) is 3.57. The molecule has 0 bridgehead atoms. The maximum absolute atomic E-state index is 12.2. The number of nitriles is 1. The predicted molar refractivity (Wildman–Crippen MR) is 114 cm³/mol. The summed E-state index contributed by atoms with van der Waals surface area (Å²) in [4.78, 5) is 25.2. The number of benzene rings is 1. The van der Waals surface area contributed by atoms with Crippen LogP contribution in [0, 0.1) is 11.5 Å². The van der Waals surface area contributed by atoms with E-state index in [9.17, 15) is 10.1 Å². The fourth-order valence-electron chi connectivity index (χ4n) is 4.13. The van der Waals surface area contributed by atoms with Crippen LogP contribution in [0.15, 0.2) is 36.5 Å². The van der Waals surface area contributed by atoms with E-state index >= 15 is 0 Å². The molecule has 2 aliphatic heterocycles. The molecule has 1 aromatic carbocycles. The first-order chi connectivity index (χ1) is 15.1. The standard InChI is InChI=1S/C22H22N8O/c1-28-17(7-8-25-28)11-24-22-26-19-13-29(14-23)12-18(19)21(27-22)15-4-2-5-16(10-15)30-9-3-6-20(30)31/h2,4-5,7-8,10H,3,6,9,11-13H2,1H3,(H,24,26,27). The van der Waals surface area contributed by atoms with E-state index in [1.54, 1.807) is 15.8 Å². The lowest BCUT2D eigenvalue weighted by atomic mass is 10.0. The van der Waals surface area contributed by atoms with Crippen LogP contribution in [-0.2, 0) is 31.5 Å². The van der Waals surface area contributed by atoms with Crippen LogP contribution in [0.2, 0.25) is 0 Å². The van der Waals surface area contributed by atoms with Crippen molar-refractivity contribution in [3.8, 4) is 17.5 Å². The van der Waals surface area contributed by atoms with Gasteiger partial charge in [0.05, 0.1) is 36.7 Å². The molecule has 9 heteroatoms. The van der Waals surface area contributed by atoms with E-state index in [4.69, 9.17) is 4.98 Å². The summed E-state index contributed by atoms with van der Waals surface area (Å²) >= 11 is 0. The van der Waals surface area contributed by atoms with Gasteiger partial charge in [-0.15, -0.1) is 0 Å². The highest BCUT2D eigenvalue weighted by Gasteiger charge is 2.27. The van der Waals surface area contributed by atoms with Gasteiger partial charge in [-0.05, 0) is 24.6 Å². The van der Waals surface area contributed by atoms with E-state index in [0.717, 1.165) is 46.9 Å². The molecule has 2 aliphatic rings. The molecular formula is C22H22N8O. The Hall–Kier alpha value is -3.93. The third-order valence-electron chi connectivity index (χ3n) is 5.78. The number of carbonyl (C=O) groups excluding carboxylic acids is 1. The predicted octanol–water partition coefficient (Wildman–Crippen LogP) is 2.41. The molecular weight excluding hydrogens is 392 g/mol. The molecule has 0 radical (unpaired) electrons. The third-order valence-corrected chi connectivity index (χ3v) is 5.78. The number of hydrogen-bond acceptors (Lipinski definition) is 7. The summed E-state index contributed by atoms with van der Waals surface area (Å²) in [5.74, 6) is 0.664. The normalized spacial score (nSPS) is 15.3. The van der Waals surface area contributed by atoms with Gasteiger partial charge in [-0.3, -0.25) is 9.48 Å². The zero-order valence-corrected chi connectivity index (χ0v) is 17.2. The number of fused-ring (bicyclic) bond motifs is 1. The van der Waals surface area contributed by atoms with Crippen molar-refractivity contribution in [2.24, 2.45) is 7.05 Å². The second-order valence-electron chi connectivity index (χ2n) is 7.78. The van der Waals surface area contributed by atoms with Crippen molar-refractivity contribution < 1.29 is 4.79 Å². The van der Waals surface area contributed by atoms with E-state index in [1.165, 1.54) is 0 Å². The molecule has 1 fully saturated rings. The highest BCUT2D eigenvalue weighted by molar-refractivity contribution is 5.96. The van der Waals surface area contributed by atoms with Crippen molar-refractivity contribution in [2.75, 3.05) is 16.8 Å². The van der Waals surface area contributed by atoms with Crippen molar-refractivity contribution in [1.29, 1.82) is 5.26 Å². The Morgan fingerprint density at radius 3 is 2.87 bits per heavy atom. The van der Waals surface area contributed by atoms with Gasteiger partial charge in [0.1, 0.15) is 0 Å². The Labute approximate surface area is 179 Å². The van der Waals surface area contributed by atoms with Gasteiger partial charge in [-0.1, -0.05) is 12.1 Å². The molecule has 0 spiro atoms. The van der Waals surface area contributed by atoms with Gasteiger partial charge in [-0.25, -0.2) is 9.97 Å². The number of nitrogens with zero attached hydrogens (tertiary/aromatic N) is 7. The van der Waals surface area contributed by atoms with E-state index in [2.05, 4.69) is 21.6 Å². The van der Waals surface area contributed by atoms with Crippen LogP contribution in [0.4, 0.5) is 11.6 Å². The summed E-state index contributed by atoms with van der Waals surface area (Å²) in [6, 6.07) is 9.84. The second kappa shape index (κ2) is 7.72. The molecule has 0 unspecified atom stereocenters. The first-order valence-electron chi connectivity index (χ1n) is 10.3. The number of anilines is 2. The number of hydrogen-bond donors (Lipinski definition) is 1. The van der Waals surface area contributed by atoms with Gasteiger partial charge in [0.25, 0.3) is 0 Å². The molecule has 9 nitrogen and oxygen atoms in total. The van der Waals surface area contributed by atoms with Crippen molar-refractivity contribution >= 4 is 17.5 Å². The number of rotatable bonds is 5. The van der Waals surface area contributed by atoms with E-state index in [-0.39, 0.29) is 5.91 Å². The van der Waals surface area contributed by atoms with Crippen LogP contribution in [-0.4, -0.2) is 37.1 Å². The topological polar surface area (TPSA) is 103 Å². The van der Waals surface area contributed by atoms with Crippen molar-refractivity contribution in [3.05, 3.63) is 53.5 Å². The monoisotopic (exact) mass is 414 g/mol. The Balaban J connectivity index is 1.52. The molecule has 0 aliphatic carbocycles. The lowest BCUT2D eigenvalue weighted by Crippen LogP contribution is -2.23. The minimum absolute atomic E-state index is 0.152. The summed E-state index contributed by atoms with van der Waals surface area (Å²) in [5.41, 5.74) is 5.41. The summed E-state index contributed by atoms with van der Waals surface area (Å²) in [6.45, 7) is 2.23. The minimum Gasteiger partial charge on any atom is -0.349 e.